The maximum Gasteiger partial charge on any atom is 0.341 e. The van der Waals surface area contributed by atoms with Gasteiger partial charge >= 0.3 is 5.97 Å². The summed E-state index contributed by atoms with van der Waals surface area (Å²) in [6.45, 7) is 3.85. The predicted molar refractivity (Wildman–Crippen MR) is 110 cm³/mol. The van der Waals surface area contributed by atoms with Gasteiger partial charge in [-0.05, 0) is 61.7 Å². The molecule has 3 rings (SSSR count). The first kappa shape index (κ1) is 20.0. The largest absolute Gasteiger partial charge is 0.483 e. The molecule has 0 saturated carbocycles. The standard InChI is InChI=1S/C21H23ClN2O4/c1-14-11-16(24-9-3-4-10-24)6-8-18(14)23-20(25)13-28-19-12-15(22)5-7-17(19)21(26)27-2/h5-8,11-12H,3-4,9-10,13H2,1-2H3,(H,23,25). The highest BCUT2D eigenvalue weighted by Gasteiger charge is 2.16. The molecule has 1 aliphatic heterocycles. The number of hydrogen-bond acceptors (Lipinski definition) is 5. The van der Waals surface area contributed by atoms with Gasteiger partial charge in [0.05, 0.1) is 7.11 Å². The quantitative estimate of drug-likeness (QED) is 0.738. The van der Waals surface area contributed by atoms with Gasteiger partial charge in [0.2, 0.25) is 0 Å². The van der Waals surface area contributed by atoms with Crippen LogP contribution in [-0.2, 0) is 9.53 Å². The summed E-state index contributed by atoms with van der Waals surface area (Å²) in [6, 6.07) is 10.5. The SMILES string of the molecule is COC(=O)c1ccc(Cl)cc1OCC(=O)Nc1ccc(N2CCCC2)cc1C. The fourth-order valence-corrected chi connectivity index (χ4v) is 3.35. The highest BCUT2D eigenvalue weighted by molar-refractivity contribution is 6.30. The minimum atomic E-state index is -0.555. The molecule has 0 aliphatic carbocycles. The van der Waals surface area contributed by atoms with E-state index in [-0.39, 0.29) is 23.8 Å². The third kappa shape index (κ3) is 4.75. The van der Waals surface area contributed by atoms with E-state index in [2.05, 4.69) is 16.3 Å². The summed E-state index contributed by atoms with van der Waals surface area (Å²) in [6.07, 6.45) is 2.43. The van der Waals surface area contributed by atoms with Crippen molar-refractivity contribution in [1.29, 1.82) is 0 Å². The Balaban J connectivity index is 1.63. The Morgan fingerprint density at radius 3 is 2.57 bits per heavy atom. The summed E-state index contributed by atoms with van der Waals surface area (Å²) in [4.78, 5) is 26.5. The second-order valence-corrected chi connectivity index (χ2v) is 7.10. The van der Waals surface area contributed by atoms with Crippen molar-refractivity contribution in [3.63, 3.8) is 0 Å². The molecule has 0 radical (unpaired) electrons. The Hall–Kier alpha value is -2.73. The van der Waals surface area contributed by atoms with Crippen LogP contribution >= 0.6 is 11.6 Å². The number of halogens is 1. The van der Waals surface area contributed by atoms with Crippen LogP contribution in [0.3, 0.4) is 0 Å². The van der Waals surface area contributed by atoms with Crippen LogP contribution < -0.4 is 15.0 Å². The van der Waals surface area contributed by atoms with Gasteiger partial charge in [0, 0.05) is 29.5 Å². The number of benzene rings is 2. The van der Waals surface area contributed by atoms with Gasteiger partial charge in [-0.25, -0.2) is 4.79 Å². The van der Waals surface area contributed by atoms with E-state index in [4.69, 9.17) is 21.1 Å². The van der Waals surface area contributed by atoms with Gasteiger partial charge in [0.25, 0.3) is 5.91 Å². The maximum absolute atomic E-state index is 12.3. The third-order valence-electron chi connectivity index (χ3n) is 4.66. The average Bonchev–Trinajstić information content (AvgIpc) is 3.22. The number of ether oxygens (including phenoxy) is 2. The Bertz CT molecular complexity index is 879. The zero-order valence-corrected chi connectivity index (χ0v) is 16.7. The number of esters is 1. The summed E-state index contributed by atoms with van der Waals surface area (Å²) < 4.78 is 10.2. The Morgan fingerprint density at radius 2 is 1.89 bits per heavy atom. The van der Waals surface area contributed by atoms with Crippen LogP contribution in [0, 0.1) is 6.92 Å². The molecule has 28 heavy (non-hydrogen) atoms. The number of amides is 1. The first-order chi connectivity index (χ1) is 13.5. The molecule has 0 spiro atoms. The van der Waals surface area contributed by atoms with Gasteiger partial charge in [-0.2, -0.15) is 0 Å². The van der Waals surface area contributed by atoms with Crippen LogP contribution in [0.25, 0.3) is 0 Å². The van der Waals surface area contributed by atoms with Gasteiger partial charge in [-0.3, -0.25) is 4.79 Å². The highest BCUT2D eigenvalue weighted by atomic mass is 35.5. The third-order valence-corrected chi connectivity index (χ3v) is 4.90. The normalized spacial score (nSPS) is 13.3. The van der Waals surface area contributed by atoms with Crippen molar-refractivity contribution in [2.45, 2.75) is 19.8 Å². The molecule has 6 nitrogen and oxygen atoms in total. The van der Waals surface area contributed by atoms with Crippen molar-refractivity contribution in [1.82, 2.24) is 0 Å². The van der Waals surface area contributed by atoms with E-state index < -0.39 is 5.97 Å². The van der Waals surface area contributed by atoms with Gasteiger partial charge in [0.15, 0.2) is 6.61 Å². The molecule has 1 amide bonds. The van der Waals surface area contributed by atoms with Crippen LogP contribution in [0.2, 0.25) is 5.02 Å². The van der Waals surface area contributed by atoms with Crippen molar-refractivity contribution in [3.8, 4) is 5.75 Å². The van der Waals surface area contributed by atoms with Crippen LogP contribution in [0.5, 0.6) is 5.75 Å². The number of nitrogens with zero attached hydrogens (tertiary/aromatic N) is 1. The van der Waals surface area contributed by atoms with Crippen molar-refractivity contribution < 1.29 is 19.1 Å². The minimum Gasteiger partial charge on any atom is -0.483 e. The molecule has 1 heterocycles. The molecule has 1 aliphatic rings. The van der Waals surface area contributed by atoms with E-state index in [1.54, 1.807) is 6.07 Å². The molecule has 0 aromatic heterocycles. The molecule has 0 unspecified atom stereocenters. The minimum absolute atomic E-state index is 0.204. The fraction of sp³-hybridized carbons (Fsp3) is 0.333. The number of nitrogens with one attached hydrogen (secondary N) is 1. The Morgan fingerprint density at radius 1 is 1.14 bits per heavy atom. The van der Waals surface area contributed by atoms with Crippen LogP contribution in [0.1, 0.15) is 28.8 Å². The van der Waals surface area contributed by atoms with Gasteiger partial charge < -0.3 is 19.7 Å². The van der Waals surface area contributed by atoms with E-state index in [0.29, 0.717) is 5.02 Å². The summed E-state index contributed by atoms with van der Waals surface area (Å²) in [5, 5.41) is 3.24. The summed E-state index contributed by atoms with van der Waals surface area (Å²) in [5.74, 6) is -0.677. The monoisotopic (exact) mass is 402 g/mol. The van der Waals surface area contributed by atoms with Crippen LogP contribution in [0.4, 0.5) is 11.4 Å². The molecular formula is C21H23ClN2O4. The van der Waals surface area contributed by atoms with Crippen LogP contribution in [-0.4, -0.2) is 38.7 Å². The summed E-state index contributed by atoms with van der Waals surface area (Å²) >= 11 is 5.96. The van der Waals surface area contributed by atoms with E-state index >= 15 is 0 Å². The lowest BCUT2D eigenvalue weighted by Gasteiger charge is -2.19. The zero-order valence-electron chi connectivity index (χ0n) is 16.0. The molecule has 148 valence electrons. The van der Waals surface area contributed by atoms with Crippen molar-refractivity contribution in [3.05, 3.63) is 52.5 Å². The van der Waals surface area contributed by atoms with Gasteiger partial charge in [-0.15, -0.1) is 0 Å². The zero-order chi connectivity index (χ0) is 20.1. The van der Waals surface area contributed by atoms with E-state index in [1.807, 2.05) is 19.1 Å². The molecule has 0 atom stereocenters. The summed E-state index contributed by atoms with van der Waals surface area (Å²) in [7, 11) is 1.28. The maximum atomic E-state index is 12.3. The molecule has 2 aromatic rings. The number of rotatable bonds is 6. The number of hydrogen-bond donors (Lipinski definition) is 1. The van der Waals surface area contributed by atoms with Crippen molar-refractivity contribution in [2.75, 3.05) is 37.0 Å². The van der Waals surface area contributed by atoms with Gasteiger partial charge in [0.1, 0.15) is 11.3 Å². The average molecular weight is 403 g/mol. The molecule has 7 heteroatoms. The van der Waals surface area contributed by atoms with Crippen molar-refractivity contribution in [2.24, 2.45) is 0 Å². The first-order valence-electron chi connectivity index (χ1n) is 9.14. The second-order valence-electron chi connectivity index (χ2n) is 6.66. The number of methoxy groups -OCH3 is 1. The lowest BCUT2D eigenvalue weighted by Crippen LogP contribution is -2.22. The summed E-state index contributed by atoms with van der Waals surface area (Å²) in [5.41, 5.74) is 3.10. The second kappa shape index (κ2) is 8.97. The molecular weight excluding hydrogens is 380 g/mol. The smallest absolute Gasteiger partial charge is 0.341 e. The molecule has 2 aromatic carbocycles. The Labute approximate surface area is 169 Å². The van der Waals surface area contributed by atoms with E-state index in [9.17, 15) is 9.59 Å². The molecule has 1 fully saturated rings. The number of aryl methyl sites for hydroxylation is 1. The molecule has 1 saturated heterocycles. The molecule has 0 bridgehead atoms. The van der Waals surface area contributed by atoms with E-state index in [0.717, 1.165) is 24.3 Å². The van der Waals surface area contributed by atoms with Crippen LogP contribution in [0.15, 0.2) is 36.4 Å². The van der Waals surface area contributed by atoms with Gasteiger partial charge in [-0.1, -0.05) is 11.6 Å². The number of carbonyl (C=O) groups is 2. The molecule has 1 N–H and O–H groups in total. The topological polar surface area (TPSA) is 67.9 Å². The lowest BCUT2D eigenvalue weighted by molar-refractivity contribution is -0.118. The fourth-order valence-electron chi connectivity index (χ4n) is 3.18. The Kier molecular flexibility index (Phi) is 6.41. The van der Waals surface area contributed by atoms with Crippen molar-refractivity contribution >= 4 is 34.9 Å². The number of anilines is 2. The first-order valence-corrected chi connectivity index (χ1v) is 9.52. The number of carbonyl (C=O) groups excluding carboxylic acids is 2. The van der Waals surface area contributed by atoms with E-state index in [1.165, 1.54) is 37.8 Å². The highest BCUT2D eigenvalue weighted by Crippen LogP contribution is 2.26. The predicted octanol–water partition coefficient (Wildman–Crippen LogP) is 4.05. The lowest BCUT2D eigenvalue weighted by atomic mass is 10.1.